The maximum atomic E-state index is 13.8. The van der Waals surface area contributed by atoms with Crippen molar-refractivity contribution in [3.63, 3.8) is 0 Å². The lowest BCUT2D eigenvalue weighted by atomic mass is 9.99. The van der Waals surface area contributed by atoms with Gasteiger partial charge in [-0.25, -0.2) is 0 Å². The molecular weight excluding hydrogens is 558 g/mol. The molecule has 5 aromatic rings. The van der Waals surface area contributed by atoms with Crippen LogP contribution in [0.1, 0.15) is 40.0 Å². The minimum absolute atomic E-state index is 0.0483. The lowest BCUT2D eigenvalue weighted by Crippen LogP contribution is -2.31. The molecule has 6 rings (SSSR count). The lowest BCUT2D eigenvalue weighted by molar-refractivity contribution is 0.0986. The number of ether oxygens (including phenoxy) is 1. The third-order valence-corrected chi connectivity index (χ3v) is 8.05. The molecule has 0 spiro atoms. The maximum Gasteiger partial charge on any atom is 0.258 e. The predicted octanol–water partition coefficient (Wildman–Crippen LogP) is 8.32. The average Bonchev–Trinajstić information content (AvgIpc) is 3.28. The molecule has 1 aliphatic rings. The highest BCUT2D eigenvalue weighted by atomic mass is 16.5. The van der Waals surface area contributed by atoms with Gasteiger partial charge in [0.25, 0.3) is 11.8 Å². The standard InChI is InChI=1S/C39H37N3O3/c43-38(35-19-8-7-18-34(35)30-14-3-1-4-15-30)40-32-24-22-31(23-25-32)39(44)42-28-13-27-41(36-20-9-10-21-37(36)42)26-11-12-29-45-33-16-5-2-6-17-33/h1-10,14-25H,11-13,26-29H2,(H,40,43). The topological polar surface area (TPSA) is 61.9 Å². The fourth-order valence-electron chi connectivity index (χ4n) is 5.78. The molecule has 0 aromatic heterocycles. The Morgan fingerprint density at radius 2 is 1.33 bits per heavy atom. The summed E-state index contributed by atoms with van der Waals surface area (Å²) in [5.74, 6) is 0.658. The second-order valence-electron chi connectivity index (χ2n) is 11.1. The number of hydrogen-bond donors (Lipinski definition) is 1. The molecule has 6 heteroatoms. The molecule has 0 saturated heterocycles. The molecule has 0 bridgehead atoms. The molecule has 1 aliphatic heterocycles. The van der Waals surface area contributed by atoms with Crippen molar-refractivity contribution < 1.29 is 14.3 Å². The molecule has 0 fully saturated rings. The molecule has 0 saturated carbocycles. The van der Waals surface area contributed by atoms with Gasteiger partial charge in [0, 0.05) is 36.4 Å². The van der Waals surface area contributed by atoms with Crippen molar-refractivity contribution in [1.29, 1.82) is 0 Å². The molecule has 1 N–H and O–H groups in total. The van der Waals surface area contributed by atoms with E-state index >= 15 is 0 Å². The SMILES string of the molecule is O=C(Nc1ccc(C(=O)N2CCCN(CCCCOc3ccccc3)c3ccccc32)cc1)c1ccccc1-c1ccccc1. The minimum atomic E-state index is -0.193. The number of hydrogen-bond acceptors (Lipinski definition) is 4. The van der Waals surface area contributed by atoms with E-state index in [4.69, 9.17) is 4.74 Å². The Hall–Kier alpha value is -5.36. The third kappa shape index (κ3) is 7.24. The molecule has 6 nitrogen and oxygen atoms in total. The smallest absolute Gasteiger partial charge is 0.258 e. The molecule has 1 heterocycles. The van der Waals surface area contributed by atoms with E-state index < -0.39 is 0 Å². The van der Waals surface area contributed by atoms with Crippen LogP contribution in [0.4, 0.5) is 17.1 Å². The van der Waals surface area contributed by atoms with Crippen LogP contribution in [-0.2, 0) is 0 Å². The summed E-state index contributed by atoms with van der Waals surface area (Å²) in [6.45, 7) is 3.10. The van der Waals surface area contributed by atoms with Gasteiger partial charge >= 0.3 is 0 Å². The van der Waals surface area contributed by atoms with Crippen LogP contribution in [0.2, 0.25) is 0 Å². The van der Waals surface area contributed by atoms with Crippen molar-refractivity contribution in [3.05, 3.63) is 145 Å². The summed E-state index contributed by atoms with van der Waals surface area (Å²) < 4.78 is 5.87. The molecule has 226 valence electrons. The van der Waals surface area contributed by atoms with Gasteiger partial charge in [0.1, 0.15) is 5.75 Å². The van der Waals surface area contributed by atoms with Gasteiger partial charge in [0.2, 0.25) is 0 Å². The van der Waals surface area contributed by atoms with Crippen LogP contribution >= 0.6 is 0 Å². The van der Waals surface area contributed by atoms with E-state index in [0.29, 0.717) is 30.0 Å². The molecule has 5 aromatic carbocycles. The van der Waals surface area contributed by atoms with Gasteiger partial charge in [-0.15, -0.1) is 0 Å². The van der Waals surface area contributed by atoms with E-state index in [9.17, 15) is 9.59 Å². The largest absolute Gasteiger partial charge is 0.494 e. The van der Waals surface area contributed by atoms with Gasteiger partial charge in [-0.1, -0.05) is 78.9 Å². The zero-order chi connectivity index (χ0) is 30.8. The second kappa shape index (κ2) is 14.4. The van der Waals surface area contributed by atoms with Crippen molar-refractivity contribution >= 4 is 28.9 Å². The summed E-state index contributed by atoms with van der Waals surface area (Å²) >= 11 is 0. The van der Waals surface area contributed by atoms with Crippen molar-refractivity contribution in [1.82, 2.24) is 0 Å². The summed E-state index contributed by atoms with van der Waals surface area (Å²) in [5.41, 5.74) is 5.67. The van der Waals surface area contributed by atoms with E-state index in [1.165, 1.54) is 0 Å². The Morgan fingerprint density at radius 1 is 0.667 bits per heavy atom. The Kier molecular flexibility index (Phi) is 9.51. The predicted molar refractivity (Wildman–Crippen MR) is 182 cm³/mol. The Labute approximate surface area is 264 Å². The van der Waals surface area contributed by atoms with Gasteiger partial charge < -0.3 is 19.9 Å². The Morgan fingerprint density at radius 3 is 2.11 bits per heavy atom. The number of unbranched alkanes of at least 4 members (excludes halogenated alkanes) is 1. The summed E-state index contributed by atoms with van der Waals surface area (Å²) in [4.78, 5) is 31.3. The fraction of sp³-hybridized carbons (Fsp3) is 0.179. The van der Waals surface area contributed by atoms with Crippen molar-refractivity contribution in [3.8, 4) is 16.9 Å². The molecule has 0 radical (unpaired) electrons. The van der Waals surface area contributed by atoms with Crippen LogP contribution in [0.5, 0.6) is 5.75 Å². The monoisotopic (exact) mass is 595 g/mol. The van der Waals surface area contributed by atoms with Crippen molar-refractivity contribution in [2.75, 3.05) is 41.4 Å². The van der Waals surface area contributed by atoms with Crippen molar-refractivity contribution in [2.45, 2.75) is 19.3 Å². The molecule has 45 heavy (non-hydrogen) atoms. The van der Waals surface area contributed by atoms with Gasteiger partial charge in [-0.3, -0.25) is 9.59 Å². The van der Waals surface area contributed by atoms with Crippen molar-refractivity contribution in [2.24, 2.45) is 0 Å². The number of amides is 2. The van der Waals surface area contributed by atoms with E-state index in [1.54, 1.807) is 24.3 Å². The zero-order valence-electron chi connectivity index (χ0n) is 25.3. The number of carbonyl (C=O) groups excluding carboxylic acids is 2. The Balaban J connectivity index is 1.10. The van der Waals surface area contributed by atoms with Crippen LogP contribution in [0, 0.1) is 0 Å². The van der Waals surface area contributed by atoms with Gasteiger partial charge in [0.05, 0.1) is 18.0 Å². The number of nitrogens with zero attached hydrogens (tertiary/aromatic N) is 2. The quantitative estimate of drug-likeness (QED) is 0.165. The third-order valence-electron chi connectivity index (χ3n) is 8.05. The zero-order valence-corrected chi connectivity index (χ0v) is 25.3. The number of nitrogens with one attached hydrogen (secondary N) is 1. The van der Waals surface area contributed by atoms with E-state index in [1.807, 2.05) is 108 Å². The highest BCUT2D eigenvalue weighted by Gasteiger charge is 2.25. The van der Waals surface area contributed by atoms with E-state index in [2.05, 4.69) is 16.3 Å². The molecular formula is C39H37N3O3. The molecule has 0 aliphatic carbocycles. The first-order valence-corrected chi connectivity index (χ1v) is 15.6. The maximum absolute atomic E-state index is 13.8. The number of benzene rings is 5. The van der Waals surface area contributed by atoms with Crippen LogP contribution in [0.25, 0.3) is 11.1 Å². The minimum Gasteiger partial charge on any atom is -0.494 e. The normalized spacial score (nSPS) is 12.6. The van der Waals surface area contributed by atoms with Crippen LogP contribution < -0.4 is 19.9 Å². The average molecular weight is 596 g/mol. The first-order valence-electron chi connectivity index (χ1n) is 15.6. The van der Waals surface area contributed by atoms with Crippen LogP contribution in [0.15, 0.2) is 133 Å². The van der Waals surface area contributed by atoms with Crippen LogP contribution in [-0.4, -0.2) is 38.1 Å². The molecule has 0 unspecified atom stereocenters. The summed E-state index contributed by atoms with van der Waals surface area (Å²) in [5, 5.41) is 3.00. The van der Waals surface area contributed by atoms with E-state index in [0.717, 1.165) is 60.6 Å². The summed E-state index contributed by atoms with van der Waals surface area (Å²) in [6, 6.07) is 42.7. The first-order chi connectivity index (χ1) is 22.2. The number of para-hydroxylation sites is 3. The van der Waals surface area contributed by atoms with Gasteiger partial charge in [0.15, 0.2) is 0 Å². The summed E-state index contributed by atoms with van der Waals surface area (Å²) in [6.07, 6.45) is 2.82. The summed E-state index contributed by atoms with van der Waals surface area (Å²) in [7, 11) is 0. The van der Waals surface area contributed by atoms with E-state index in [-0.39, 0.29) is 11.8 Å². The number of carbonyl (C=O) groups is 2. The highest BCUT2D eigenvalue weighted by molar-refractivity contribution is 6.10. The van der Waals surface area contributed by atoms with Gasteiger partial charge in [-0.2, -0.15) is 0 Å². The van der Waals surface area contributed by atoms with Crippen LogP contribution in [0.3, 0.4) is 0 Å². The Bertz CT molecular complexity index is 1720. The molecule has 0 atom stereocenters. The second-order valence-corrected chi connectivity index (χ2v) is 11.1. The fourth-order valence-corrected chi connectivity index (χ4v) is 5.78. The molecule has 2 amide bonds. The highest BCUT2D eigenvalue weighted by Crippen LogP contribution is 2.33. The first kappa shape index (κ1) is 29.7. The number of rotatable bonds is 10. The number of anilines is 3. The van der Waals surface area contributed by atoms with Gasteiger partial charge in [-0.05, 0) is 85.0 Å². The number of fused-ring (bicyclic) bond motifs is 1. The lowest BCUT2D eigenvalue weighted by Gasteiger charge is -2.27.